The van der Waals surface area contributed by atoms with E-state index in [1.54, 1.807) is 12.1 Å². The molecule has 0 aliphatic carbocycles. The Morgan fingerprint density at radius 1 is 0.938 bits per heavy atom. The number of hydrogen-bond donors (Lipinski definition) is 0. The molecule has 4 aromatic rings. The highest BCUT2D eigenvalue weighted by molar-refractivity contribution is 5.94. The second-order valence-corrected chi connectivity index (χ2v) is 8.63. The minimum atomic E-state index is -0.263. The SMILES string of the molecule is Cc1ccc(C(=O)N2CCC(n3c(-c4ccccc4)nc4ccc(F)cc43)CC2)cc1C. The van der Waals surface area contributed by atoms with Crippen LogP contribution in [-0.2, 0) is 0 Å². The van der Waals surface area contributed by atoms with Gasteiger partial charge in [0.2, 0.25) is 0 Å². The Morgan fingerprint density at radius 2 is 1.69 bits per heavy atom. The predicted molar refractivity (Wildman–Crippen MR) is 125 cm³/mol. The number of fused-ring (bicyclic) bond motifs is 1. The lowest BCUT2D eigenvalue weighted by Gasteiger charge is -2.34. The number of hydrogen-bond acceptors (Lipinski definition) is 2. The average Bonchev–Trinajstić information content (AvgIpc) is 3.19. The van der Waals surface area contributed by atoms with Gasteiger partial charge < -0.3 is 9.47 Å². The fraction of sp³-hybridized carbons (Fsp3) is 0.259. The van der Waals surface area contributed by atoms with E-state index in [0.29, 0.717) is 13.1 Å². The van der Waals surface area contributed by atoms with Gasteiger partial charge >= 0.3 is 0 Å². The zero-order valence-corrected chi connectivity index (χ0v) is 18.4. The molecule has 0 bridgehead atoms. The summed E-state index contributed by atoms with van der Waals surface area (Å²) in [4.78, 5) is 19.8. The Morgan fingerprint density at radius 3 is 2.41 bits per heavy atom. The molecule has 32 heavy (non-hydrogen) atoms. The third-order valence-electron chi connectivity index (χ3n) is 6.55. The largest absolute Gasteiger partial charge is 0.338 e. The summed E-state index contributed by atoms with van der Waals surface area (Å²) in [5.41, 5.74) is 5.67. The summed E-state index contributed by atoms with van der Waals surface area (Å²) >= 11 is 0. The van der Waals surface area contributed by atoms with Crippen LogP contribution in [0.2, 0.25) is 0 Å². The molecule has 1 saturated heterocycles. The van der Waals surface area contributed by atoms with Crippen LogP contribution < -0.4 is 0 Å². The molecule has 3 aromatic carbocycles. The van der Waals surface area contributed by atoms with Gasteiger partial charge in [0.25, 0.3) is 5.91 Å². The van der Waals surface area contributed by atoms with E-state index in [1.807, 2.05) is 60.4 Å². The summed E-state index contributed by atoms with van der Waals surface area (Å²) in [7, 11) is 0. The molecule has 1 aliphatic heterocycles. The number of nitrogens with zero attached hydrogens (tertiary/aromatic N) is 3. The van der Waals surface area contributed by atoms with E-state index in [4.69, 9.17) is 4.98 Å². The van der Waals surface area contributed by atoms with Crippen molar-refractivity contribution in [1.82, 2.24) is 14.5 Å². The van der Waals surface area contributed by atoms with Crippen molar-refractivity contribution in [2.24, 2.45) is 0 Å². The number of carbonyl (C=O) groups excluding carboxylic acids is 1. The van der Waals surface area contributed by atoms with Crippen LogP contribution in [-0.4, -0.2) is 33.4 Å². The third-order valence-corrected chi connectivity index (χ3v) is 6.55. The number of piperidine rings is 1. The van der Waals surface area contributed by atoms with Crippen LogP contribution in [0.5, 0.6) is 0 Å². The van der Waals surface area contributed by atoms with Gasteiger partial charge in [0, 0.05) is 30.3 Å². The molecule has 2 heterocycles. The molecule has 5 rings (SSSR count). The topological polar surface area (TPSA) is 38.1 Å². The molecule has 0 radical (unpaired) electrons. The molecule has 1 amide bonds. The number of rotatable bonds is 3. The van der Waals surface area contributed by atoms with Crippen LogP contribution in [0.3, 0.4) is 0 Å². The van der Waals surface area contributed by atoms with Crippen molar-refractivity contribution in [2.45, 2.75) is 32.7 Å². The van der Waals surface area contributed by atoms with Crippen molar-refractivity contribution in [2.75, 3.05) is 13.1 Å². The lowest BCUT2D eigenvalue weighted by Crippen LogP contribution is -2.39. The Hall–Kier alpha value is -3.47. The summed E-state index contributed by atoms with van der Waals surface area (Å²) in [5.74, 6) is 0.669. The summed E-state index contributed by atoms with van der Waals surface area (Å²) in [5, 5.41) is 0. The van der Waals surface area contributed by atoms with Gasteiger partial charge in [0.05, 0.1) is 11.0 Å². The number of imidazole rings is 1. The van der Waals surface area contributed by atoms with Gasteiger partial charge in [0.1, 0.15) is 11.6 Å². The summed E-state index contributed by atoms with van der Waals surface area (Å²) in [6.07, 6.45) is 1.61. The Kier molecular flexibility index (Phi) is 5.25. The number of carbonyl (C=O) groups is 1. The normalized spacial score (nSPS) is 14.8. The molecule has 1 aromatic heterocycles. The van der Waals surface area contributed by atoms with Gasteiger partial charge in [-0.3, -0.25) is 4.79 Å². The molecule has 0 atom stereocenters. The van der Waals surface area contributed by atoms with Crippen LogP contribution in [0, 0.1) is 19.7 Å². The fourth-order valence-electron chi connectivity index (χ4n) is 4.61. The highest BCUT2D eigenvalue weighted by Gasteiger charge is 2.28. The Labute approximate surface area is 187 Å². The van der Waals surface area contributed by atoms with Gasteiger partial charge in [-0.1, -0.05) is 36.4 Å². The van der Waals surface area contributed by atoms with Crippen molar-refractivity contribution < 1.29 is 9.18 Å². The van der Waals surface area contributed by atoms with E-state index < -0.39 is 0 Å². The first-order valence-electron chi connectivity index (χ1n) is 11.1. The predicted octanol–water partition coefficient (Wildman–Crippen LogP) is 5.94. The van der Waals surface area contributed by atoms with Crippen LogP contribution in [0.25, 0.3) is 22.4 Å². The Balaban J connectivity index is 1.44. The summed E-state index contributed by atoms with van der Waals surface area (Å²) in [6, 6.07) is 20.8. The highest BCUT2D eigenvalue weighted by atomic mass is 19.1. The molecule has 5 heteroatoms. The molecule has 0 spiro atoms. The summed E-state index contributed by atoms with van der Waals surface area (Å²) < 4.78 is 16.3. The molecule has 4 nitrogen and oxygen atoms in total. The second kappa shape index (κ2) is 8.23. The van der Waals surface area contributed by atoms with Crippen molar-refractivity contribution in [3.05, 3.63) is 89.2 Å². The molecule has 0 N–H and O–H groups in total. The minimum Gasteiger partial charge on any atom is -0.338 e. The second-order valence-electron chi connectivity index (χ2n) is 8.63. The first-order chi connectivity index (χ1) is 15.5. The summed E-state index contributed by atoms with van der Waals surface area (Å²) in [6.45, 7) is 5.42. The zero-order chi connectivity index (χ0) is 22.2. The van der Waals surface area contributed by atoms with Crippen LogP contribution in [0.1, 0.15) is 40.4 Å². The average molecular weight is 428 g/mol. The molecule has 1 fully saturated rings. The van der Waals surface area contributed by atoms with E-state index in [1.165, 1.54) is 11.6 Å². The van der Waals surface area contributed by atoms with Crippen molar-refractivity contribution >= 4 is 16.9 Å². The fourth-order valence-corrected chi connectivity index (χ4v) is 4.61. The molecule has 0 unspecified atom stereocenters. The number of benzene rings is 3. The molecular formula is C27H26FN3O. The van der Waals surface area contributed by atoms with Crippen LogP contribution in [0.4, 0.5) is 4.39 Å². The maximum Gasteiger partial charge on any atom is 0.253 e. The quantitative estimate of drug-likeness (QED) is 0.406. The molecule has 162 valence electrons. The number of aryl methyl sites for hydroxylation is 2. The van der Waals surface area contributed by atoms with E-state index in [2.05, 4.69) is 11.5 Å². The van der Waals surface area contributed by atoms with Gasteiger partial charge in [-0.25, -0.2) is 9.37 Å². The maximum absolute atomic E-state index is 14.1. The molecular weight excluding hydrogens is 401 g/mol. The highest BCUT2D eigenvalue weighted by Crippen LogP contribution is 2.34. The van der Waals surface area contributed by atoms with Crippen molar-refractivity contribution in [1.29, 1.82) is 0 Å². The number of likely N-dealkylation sites (tertiary alicyclic amines) is 1. The zero-order valence-electron chi connectivity index (χ0n) is 18.4. The number of amides is 1. The molecule has 1 aliphatic rings. The van der Waals surface area contributed by atoms with Crippen molar-refractivity contribution in [3.8, 4) is 11.4 Å². The van der Waals surface area contributed by atoms with Crippen molar-refractivity contribution in [3.63, 3.8) is 0 Å². The third kappa shape index (κ3) is 3.68. The van der Waals surface area contributed by atoms with E-state index in [9.17, 15) is 9.18 Å². The first-order valence-corrected chi connectivity index (χ1v) is 11.1. The number of halogens is 1. The first kappa shape index (κ1) is 20.4. The van der Waals surface area contributed by atoms with Crippen LogP contribution >= 0.6 is 0 Å². The van der Waals surface area contributed by atoms with Gasteiger partial charge in [-0.05, 0) is 68.1 Å². The maximum atomic E-state index is 14.1. The smallest absolute Gasteiger partial charge is 0.253 e. The van der Waals surface area contributed by atoms with E-state index in [-0.39, 0.29) is 17.8 Å². The molecule has 0 saturated carbocycles. The van der Waals surface area contributed by atoms with E-state index in [0.717, 1.165) is 46.4 Å². The monoisotopic (exact) mass is 427 g/mol. The minimum absolute atomic E-state index is 0.0800. The van der Waals surface area contributed by atoms with Gasteiger partial charge in [-0.2, -0.15) is 0 Å². The number of aromatic nitrogens is 2. The van der Waals surface area contributed by atoms with Gasteiger partial charge in [0.15, 0.2) is 0 Å². The standard InChI is InChI=1S/C27H26FN3O/c1-18-8-9-21(16-19(18)2)27(32)30-14-12-23(13-15-30)31-25-17-22(28)10-11-24(25)29-26(31)20-6-4-3-5-7-20/h3-11,16-17,23H,12-15H2,1-2H3. The van der Waals surface area contributed by atoms with Crippen LogP contribution in [0.15, 0.2) is 66.7 Å². The van der Waals surface area contributed by atoms with Gasteiger partial charge in [-0.15, -0.1) is 0 Å². The van der Waals surface area contributed by atoms with E-state index >= 15 is 0 Å². The lowest BCUT2D eigenvalue weighted by atomic mass is 10.0. The Bertz CT molecular complexity index is 1290. The lowest BCUT2D eigenvalue weighted by molar-refractivity contribution is 0.0696.